The molecule has 0 aromatic heterocycles. The van der Waals surface area contributed by atoms with E-state index < -0.39 is 34.5 Å². The average molecular weight is 258 g/mol. The van der Waals surface area contributed by atoms with Gasteiger partial charge < -0.3 is 5.11 Å². The minimum Gasteiger partial charge on any atom is -0.504 e. The maximum atomic E-state index is 13.6. The zero-order valence-corrected chi connectivity index (χ0v) is 8.75. The van der Waals surface area contributed by atoms with E-state index in [2.05, 4.69) is 4.94 Å². The zero-order valence-electron chi connectivity index (χ0n) is 8.75. The van der Waals surface area contributed by atoms with Crippen molar-refractivity contribution in [3.05, 3.63) is 47.8 Å². The van der Waals surface area contributed by atoms with Gasteiger partial charge in [-0.05, 0) is 5.56 Å². The molecule has 0 aliphatic rings. The van der Waals surface area contributed by atoms with Crippen molar-refractivity contribution in [3.8, 4) is 22.6 Å². The van der Waals surface area contributed by atoms with Crippen LogP contribution in [0.15, 0.2) is 30.3 Å². The maximum absolute atomic E-state index is 13.6. The lowest BCUT2D eigenvalue weighted by molar-refractivity contribution is -0.0144. The lowest BCUT2D eigenvalue weighted by Gasteiger charge is -2.10. The molecule has 0 saturated carbocycles. The van der Waals surface area contributed by atoms with Crippen LogP contribution in [0.4, 0.5) is 17.7 Å². The van der Waals surface area contributed by atoms with E-state index in [0.29, 0.717) is 0 Å². The van der Waals surface area contributed by atoms with Crippen molar-refractivity contribution in [2.24, 2.45) is 0 Å². The first-order chi connectivity index (χ1) is 8.57. The van der Waals surface area contributed by atoms with E-state index in [1.54, 1.807) is 6.07 Å². The molecule has 0 spiro atoms. The van der Waals surface area contributed by atoms with Gasteiger partial charge in [0.1, 0.15) is 0 Å². The third-order valence-corrected chi connectivity index (χ3v) is 2.40. The predicted octanol–water partition coefficient (Wildman–Crippen LogP) is 3.74. The number of hydrogen-bond donors (Lipinski definition) is 1. The van der Waals surface area contributed by atoms with E-state index in [0.717, 1.165) is 0 Å². The minimum absolute atomic E-state index is 0.0599. The lowest BCUT2D eigenvalue weighted by atomic mass is 10.0. The molecule has 0 bridgehead atoms. The van der Waals surface area contributed by atoms with Crippen LogP contribution < -0.4 is 4.94 Å². The number of aromatic hydroxyl groups is 1. The molecule has 0 aliphatic heterocycles. The first kappa shape index (κ1) is 12.2. The number of benzene rings is 2. The Morgan fingerprint density at radius 1 is 0.889 bits per heavy atom. The predicted molar refractivity (Wildman–Crippen MR) is 55.2 cm³/mol. The molecule has 6 heteroatoms. The highest BCUT2D eigenvalue weighted by atomic mass is 19.3. The highest BCUT2D eigenvalue weighted by Crippen LogP contribution is 2.42. The van der Waals surface area contributed by atoms with Crippen LogP contribution in [0.5, 0.6) is 11.5 Å². The van der Waals surface area contributed by atoms with E-state index >= 15 is 0 Å². The molecule has 0 atom stereocenters. The topological polar surface area (TPSA) is 29.5 Å². The quantitative estimate of drug-likeness (QED) is 0.656. The van der Waals surface area contributed by atoms with Crippen LogP contribution in [0.25, 0.3) is 11.1 Å². The average Bonchev–Trinajstić information content (AvgIpc) is 2.38. The molecule has 2 rings (SSSR count). The van der Waals surface area contributed by atoms with Crippen molar-refractivity contribution < 1.29 is 27.7 Å². The summed E-state index contributed by atoms with van der Waals surface area (Å²) in [6, 6.07) is 7.27. The Morgan fingerprint density at radius 2 is 1.50 bits per heavy atom. The van der Waals surface area contributed by atoms with Gasteiger partial charge in [0.15, 0.2) is 17.4 Å². The van der Waals surface area contributed by atoms with E-state index in [9.17, 15) is 22.8 Å². The van der Waals surface area contributed by atoms with Gasteiger partial charge >= 0.3 is 0 Å². The summed E-state index contributed by atoms with van der Waals surface area (Å²) in [6.07, 6.45) is 0. The summed E-state index contributed by atoms with van der Waals surface area (Å²) in [5, 5.41) is 9.52. The third kappa shape index (κ3) is 1.75. The number of hydrogen-bond acceptors (Lipinski definition) is 2. The largest absolute Gasteiger partial charge is 0.504 e. The van der Waals surface area contributed by atoms with E-state index in [-0.39, 0.29) is 5.56 Å². The van der Waals surface area contributed by atoms with Gasteiger partial charge in [-0.3, -0.25) is 4.94 Å². The summed E-state index contributed by atoms with van der Waals surface area (Å²) in [6.45, 7) is 0. The molecule has 18 heavy (non-hydrogen) atoms. The molecule has 1 N–H and O–H groups in total. The fraction of sp³-hybridized carbons (Fsp3) is 0. The normalized spacial score (nSPS) is 10.4. The Kier molecular flexibility index (Phi) is 3.10. The molecular formula is C12H6F4O2. The zero-order chi connectivity index (χ0) is 13.3. The standard InChI is InChI=1S/C12H6F4O2/c13-8-7(6-4-2-1-3-5-6)11(17)12(18-16)10(15)9(8)14/h1-5,17H. The van der Waals surface area contributed by atoms with Crippen molar-refractivity contribution in [3.63, 3.8) is 0 Å². The van der Waals surface area contributed by atoms with Crippen molar-refractivity contribution in [1.82, 2.24) is 0 Å². The van der Waals surface area contributed by atoms with Gasteiger partial charge in [0, 0.05) is 4.53 Å². The fourth-order valence-corrected chi connectivity index (χ4v) is 1.57. The van der Waals surface area contributed by atoms with Gasteiger partial charge in [-0.2, -0.15) is 4.39 Å². The summed E-state index contributed by atoms with van der Waals surface area (Å²) < 4.78 is 51.9. The molecule has 0 amide bonds. The molecule has 0 heterocycles. The molecule has 2 aromatic carbocycles. The summed E-state index contributed by atoms with van der Waals surface area (Å²) in [4.78, 5) is 3.04. The van der Waals surface area contributed by atoms with E-state index in [1.165, 1.54) is 24.3 Å². The second-order valence-corrected chi connectivity index (χ2v) is 3.44. The molecule has 0 saturated heterocycles. The number of phenols is 1. The third-order valence-electron chi connectivity index (χ3n) is 2.40. The van der Waals surface area contributed by atoms with E-state index in [4.69, 9.17) is 0 Å². The summed E-state index contributed by atoms with van der Waals surface area (Å²) >= 11 is 0. The summed E-state index contributed by atoms with van der Waals surface area (Å²) in [7, 11) is 0. The first-order valence-corrected chi connectivity index (χ1v) is 4.81. The second-order valence-electron chi connectivity index (χ2n) is 3.44. The maximum Gasteiger partial charge on any atom is 0.252 e. The van der Waals surface area contributed by atoms with Crippen LogP contribution in [0.2, 0.25) is 0 Å². The number of phenolic OH excluding ortho intramolecular Hbond substituents is 1. The van der Waals surface area contributed by atoms with Gasteiger partial charge in [0.05, 0.1) is 5.56 Å². The second kappa shape index (κ2) is 4.56. The monoisotopic (exact) mass is 258 g/mol. The fourth-order valence-electron chi connectivity index (χ4n) is 1.57. The summed E-state index contributed by atoms with van der Waals surface area (Å²) in [5.74, 6) is -7.98. The van der Waals surface area contributed by atoms with Gasteiger partial charge in [-0.15, -0.1) is 0 Å². The molecule has 94 valence electrons. The van der Waals surface area contributed by atoms with Crippen LogP contribution in [0.3, 0.4) is 0 Å². The summed E-state index contributed by atoms with van der Waals surface area (Å²) in [5.41, 5.74) is -0.605. The molecule has 2 nitrogen and oxygen atoms in total. The van der Waals surface area contributed by atoms with Gasteiger partial charge in [0.25, 0.3) is 5.75 Å². The Balaban J connectivity index is 2.80. The highest BCUT2D eigenvalue weighted by molar-refractivity contribution is 5.74. The van der Waals surface area contributed by atoms with Crippen LogP contribution in [0, 0.1) is 17.5 Å². The van der Waals surface area contributed by atoms with Gasteiger partial charge in [-0.25, -0.2) is 8.78 Å². The SMILES string of the molecule is Oc1c(OF)c(F)c(F)c(F)c1-c1ccccc1. The molecule has 0 fully saturated rings. The van der Waals surface area contributed by atoms with Crippen LogP contribution in [0.1, 0.15) is 0 Å². The van der Waals surface area contributed by atoms with Crippen LogP contribution in [-0.2, 0) is 0 Å². The lowest BCUT2D eigenvalue weighted by Crippen LogP contribution is -1.98. The van der Waals surface area contributed by atoms with Crippen molar-refractivity contribution in [1.29, 1.82) is 0 Å². The Bertz CT molecular complexity index is 585. The highest BCUT2D eigenvalue weighted by Gasteiger charge is 2.27. The van der Waals surface area contributed by atoms with Gasteiger partial charge in [0.2, 0.25) is 5.82 Å². The first-order valence-electron chi connectivity index (χ1n) is 4.81. The Labute approximate surface area is 99.0 Å². The molecule has 0 unspecified atom stereocenters. The molecule has 0 radical (unpaired) electrons. The number of halogens is 4. The Morgan fingerprint density at radius 3 is 2.06 bits per heavy atom. The smallest absolute Gasteiger partial charge is 0.252 e. The van der Waals surface area contributed by atoms with Gasteiger partial charge in [-0.1, -0.05) is 30.3 Å². The van der Waals surface area contributed by atoms with Crippen LogP contribution >= 0.6 is 0 Å². The minimum atomic E-state index is -1.92. The van der Waals surface area contributed by atoms with Crippen molar-refractivity contribution >= 4 is 0 Å². The van der Waals surface area contributed by atoms with Crippen LogP contribution in [-0.4, -0.2) is 5.11 Å². The molecule has 0 aliphatic carbocycles. The molecular weight excluding hydrogens is 252 g/mol. The Hall–Kier alpha value is -2.24. The van der Waals surface area contributed by atoms with Crippen molar-refractivity contribution in [2.75, 3.05) is 0 Å². The molecule has 2 aromatic rings. The van der Waals surface area contributed by atoms with Crippen molar-refractivity contribution in [2.45, 2.75) is 0 Å². The van der Waals surface area contributed by atoms with E-state index in [1.807, 2.05) is 0 Å². The number of rotatable bonds is 2.